The summed E-state index contributed by atoms with van der Waals surface area (Å²) in [5.74, 6) is 0. The van der Waals surface area contributed by atoms with Crippen LogP contribution in [0.25, 0.3) is 10.6 Å². The Morgan fingerprint density at radius 2 is 2.12 bits per heavy atom. The van der Waals surface area contributed by atoms with Gasteiger partial charge in [0, 0.05) is 16.5 Å². The van der Waals surface area contributed by atoms with Gasteiger partial charge in [-0.15, -0.1) is 10.2 Å². The molecular weight excluding hydrogens is 286 g/mol. The van der Waals surface area contributed by atoms with Gasteiger partial charge < -0.3 is 5.73 Å². The first-order valence-corrected chi connectivity index (χ1v) is 6.60. The van der Waals surface area contributed by atoms with Gasteiger partial charge in [-0.25, -0.2) is 0 Å². The minimum absolute atomic E-state index is 0.617. The van der Waals surface area contributed by atoms with E-state index in [0.717, 1.165) is 26.5 Å². The molecule has 0 saturated carbocycles. The summed E-state index contributed by atoms with van der Waals surface area (Å²) in [7, 11) is 0. The number of aryl methyl sites for hydroxylation is 1. The van der Waals surface area contributed by atoms with Crippen LogP contribution in [0.3, 0.4) is 0 Å². The van der Waals surface area contributed by atoms with Gasteiger partial charge in [0.1, 0.15) is 10.0 Å². The summed E-state index contributed by atoms with van der Waals surface area (Å²) in [6, 6.07) is 6.24. The van der Waals surface area contributed by atoms with Gasteiger partial charge in [0.25, 0.3) is 0 Å². The van der Waals surface area contributed by atoms with Crippen molar-refractivity contribution in [3.05, 3.63) is 33.2 Å². The van der Waals surface area contributed by atoms with Gasteiger partial charge in [0.05, 0.1) is 0 Å². The largest absolute Gasteiger partial charge is 0.330 e. The average Bonchev–Trinajstić information content (AvgIpc) is 2.65. The maximum absolute atomic E-state index is 5.49. The molecule has 1 aromatic carbocycles. The van der Waals surface area contributed by atoms with E-state index in [1.165, 1.54) is 5.56 Å². The zero-order valence-electron chi connectivity index (χ0n) is 8.90. The molecule has 5 heteroatoms. The molecule has 2 rings (SSSR count). The third kappa shape index (κ3) is 2.66. The highest BCUT2D eigenvalue weighted by Gasteiger charge is 2.07. The first-order chi connectivity index (χ1) is 7.69. The van der Waals surface area contributed by atoms with Crippen LogP contribution in [0.5, 0.6) is 0 Å². The summed E-state index contributed by atoms with van der Waals surface area (Å²) in [6.07, 6.45) is 0.796. The lowest BCUT2D eigenvalue weighted by molar-refractivity contribution is 0.913. The summed E-state index contributed by atoms with van der Waals surface area (Å²) in [5.41, 5.74) is 7.80. The predicted octanol–water partition coefficient (Wildman–Crippen LogP) is 2.78. The topological polar surface area (TPSA) is 51.8 Å². The lowest BCUT2D eigenvalue weighted by Crippen LogP contribution is -2.01. The molecule has 0 amide bonds. The van der Waals surface area contributed by atoms with E-state index in [9.17, 15) is 0 Å². The standard InChI is InChI=1S/C11H12BrN3S/c1-7-4-8(6-9(12)5-7)11-15-14-10(16-11)2-3-13/h4-6H,2-3,13H2,1H3. The first-order valence-electron chi connectivity index (χ1n) is 4.99. The van der Waals surface area contributed by atoms with Crippen LogP contribution in [-0.2, 0) is 6.42 Å². The molecule has 16 heavy (non-hydrogen) atoms. The summed E-state index contributed by atoms with van der Waals surface area (Å²) in [4.78, 5) is 0. The lowest BCUT2D eigenvalue weighted by Gasteiger charge is -1.99. The molecule has 0 saturated heterocycles. The number of hydrogen-bond acceptors (Lipinski definition) is 4. The van der Waals surface area contributed by atoms with Gasteiger partial charge in [-0.1, -0.05) is 27.3 Å². The predicted molar refractivity (Wildman–Crippen MR) is 70.5 cm³/mol. The van der Waals surface area contributed by atoms with Crippen molar-refractivity contribution < 1.29 is 0 Å². The molecule has 0 aliphatic rings. The zero-order chi connectivity index (χ0) is 11.5. The van der Waals surface area contributed by atoms with E-state index in [-0.39, 0.29) is 0 Å². The second kappa shape index (κ2) is 5.03. The van der Waals surface area contributed by atoms with Crippen molar-refractivity contribution in [2.75, 3.05) is 6.54 Å². The molecule has 0 aliphatic carbocycles. The molecule has 0 spiro atoms. The van der Waals surface area contributed by atoms with E-state index in [4.69, 9.17) is 5.73 Å². The molecule has 0 unspecified atom stereocenters. The van der Waals surface area contributed by atoms with Crippen LogP contribution in [0, 0.1) is 6.92 Å². The first kappa shape index (κ1) is 11.7. The summed E-state index contributed by atoms with van der Waals surface area (Å²) < 4.78 is 1.07. The third-order valence-electron chi connectivity index (χ3n) is 2.11. The normalized spacial score (nSPS) is 10.7. The van der Waals surface area contributed by atoms with Gasteiger partial charge >= 0.3 is 0 Å². The second-order valence-electron chi connectivity index (χ2n) is 3.56. The highest BCUT2D eigenvalue weighted by Crippen LogP contribution is 2.27. The highest BCUT2D eigenvalue weighted by atomic mass is 79.9. The summed E-state index contributed by atoms with van der Waals surface area (Å²) in [5, 5.41) is 10.2. The van der Waals surface area contributed by atoms with E-state index in [2.05, 4.69) is 51.3 Å². The molecule has 2 aromatic rings. The Morgan fingerprint density at radius 3 is 2.81 bits per heavy atom. The van der Waals surface area contributed by atoms with E-state index in [1.54, 1.807) is 11.3 Å². The van der Waals surface area contributed by atoms with Gasteiger partial charge in [-0.3, -0.25) is 0 Å². The van der Waals surface area contributed by atoms with Crippen LogP contribution in [-0.4, -0.2) is 16.7 Å². The van der Waals surface area contributed by atoms with E-state index in [0.29, 0.717) is 6.54 Å². The van der Waals surface area contributed by atoms with E-state index >= 15 is 0 Å². The minimum Gasteiger partial charge on any atom is -0.330 e. The van der Waals surface area contributed by atoms with Crippen LogP contribution in [0.15, 0.2) is 22.7 Å². The maximum Gasteiger partial charge on any atom is 0.147 e. The van der Waals surface area contributed by atoms with Crippen LogP contribution in [0.2, 0.25) is 0 Å². The molecular formula is C11H12BrN3S. The molecule has 0 radical (unpaired) electrons. The molecule has 0 atom stereocenters. The molecule has 1 heterocycles. The summed E-state index contributed by atoms with van der Waals surface area (Å²) in [6.45, 7) is 2.68. The SMILES string of the molecule is Cc1cc(Br)cc(-c2nnc(CCN)s2)c1. The Morgan fingerprint density at radius 1 is 1.31 bits per heavy atom. The molecule has 2 N–H and O–H groups in total. The number of benzene rings is 1. The Balaban J connectivity index is 2.34. The fourth-order valence-electron chi connectivity index (χ4n) is 1.45. The van der Waals surface area contributed by atoms with Crippen molar-refractivity contribution in [1.82, 2.24) is 10.2 Å². The van der Waals surface area contributed by atoms with Gasteiger partial charge in [-0.05, 0) is 37.2 Å². The number of nitrogens with zero attached hydrogens (tertiary/aromatic N) is 2. The number of halogens is 1. The zero-order valence-corrected chi connectivity index (χ0v) is 11.3. The number of nitrogens with two attached hydrogens (primary N) is 1. The van der Waals surface area contributed by atoms with Crippen molar-refractivity contribution in [1.29, 1.82) is 0 Å². The average molecular weight is 298 g/mol. The molecule has 0 fully saturated rings. The summed E-state index contributed by atoms with van der Waals surface area (Å²) >= 11 is 5.09. The van der Waals surface area contributed by atoms with Crippen LogP contribution < -0.4 is 5.73 Å². The Hall–Kier alpha value is -0.780. The maximum atomic E-state index is 5.49. The van der Waals surface area contributed by atoms with Crippen LogP contribution in [0.4, 0.5) is 0 Å². The Bertz CT molecular complexity index is 475. The smallest absolute Gasteiger partial charge is 0.147 e. The number of rotatable bonds is 3. The fourth-order valence-corrected chi connectivity index (χ4v) is 2.90. The van der Waals surface area contributed by atoms with Crippen molar-refractivity contribution in [2.24, 2.45) is 5.73 Å². The highest BCUT2D eigenvalue weighted by molar-refractivity contribution is 9.10. The van der Waals surface area contributed by atoms with Crippen molar-refractivity contribution in [2.45, 2.75) is 13.3 Å². The van der Waals surface area contributed by atoms with Gasteiger partial charge in [0.2, 0.25) is 0 Å². The molecule has 0 bridgehead atoms. The molecule has 1 aromatic heterocycles. The Labute approximate surface area is 107 Å². The van der Waals surface area contributed by atoms with Gasteiger partial charge in [0.15, 0.2) is 0 Å². The van der Waals surface area contributed by atoms with Crippen molar-refractivity contribution >= 4 is 27.3 Å². The van der Waals surface area contributed by atoms with Gasteiger partial charge in [-0.2, -0.15) is 0 Å². The van der Waals surface area contributed by atoms with E-state index < -0.39 is 0 Å². The van der Waals surface area contributed by atoms with Crippen molar-refractivity contribution in [3.8, 4) is 10.6 Å². The number of hydrogen-bond donors (Lipinski definition) is 1. The molecule has 0 aliphatic heterocycles. The fraction of sp³-hybridized carbons (Fsp3) is 0.273. The van der Waals surface area contributed by atoms with Crippen LogP contribution in [0.1, 0.15) is 10.6 Å². The van der Waals surface area contributed by atoms with E-state index in [1.807, 2.05) is 0 Å². The number of aromatic nitrogens is 2. The second-order valence-corrected chi connectivity index (χ2v) is 5.53. The molecule has 84 valence electrons. The Kier molecular flexibility index (Phi) is 3.68. The lowest BCUT2D eigenvalue weighted by atomic mass is 10.1. The third-order valence-corrected chi connectivity index (χ3v) is 3.60. The van der Waals surface area contributed by atoms with Crippen LogP contribution >= 0.6 is 27.3 Å². The minimum atomic E-state index is 0.617. The van der Waals surface area contributed by atoms with Crippen molar-refractivity contribution in [3.63, 3.8) is 0 Å². The quantitative estimate of drug-likeness (QED) is 0.948. The monoisotopic (exact) mass is 297 g/mol. The molecule has 3 nitrogen and oxygen atoms in total.